The van der Waals surface area contributed by atoms with E-state index in [9.17, 15) is 4.79 Å². The number of halogens is 1. The topological polar surface area (TPSA) is 29.5 Å². The monoisotopic (exact) mass is 373 g/mol. The molecule has 22 heavy (non-hydrogen) atoms. The predicted octanol–water partition coefficient (Wildman–Crippen LogP) is 4.83. The molecule has 110 valence electrons. The average molecular weight is 374 g/mol. The summed E-state index contributed by atoms with van der Waals surface area (Å²) in [5.74, 6) is 0.740. The molecule has 0 spiro atoms. The molecule has 2 heterocycles. The molecule has 0 atom stereocenters. The lowest BCUT2D eigenvalue weighted by molar-refractivity contribution is 0.0996. The first-order valence-corrected chi connectivity index (χ1v) is 8.50. The fourth-order valence-corrected chi connectivity index (χ4v) is 4.31. The van der Waals surface area contributed by atoms with Gasteiger partial charge in [0.2, 0.25) is 0 Å². The van der Waals surface area contributed by atoms with E-state index in [4.69, 9.17) is 4.74 Å². The summed E-state index contributed by atoms with van der Waals surface area (Å²) < 4.78 is 7.50. The van der Waals surface area contributed by atoms with Crippen molar-refractivity contribution in [1.29, 1.82) is 0 Å². The molecule has 0 radical (unpaired) electrons. The van der Waals surface area contributed by atoms with Gasteiger partial charge in [0.15, 0.2) is 0 Å². The van der Waals surface area contributed by atoms with Gasteiger partial charge < -0.3 is 9.64 Å². The molecule has 3 nitrogen and oxygen atoms in total. The smallest absolute Gasteiger partial charge is 0.259 e. The van der Waals surface area contributed by atoms with Crippen LogP contribution in [0.3, 0.4) is 0 Å². The highest BCUT2D eigenvalue weighted by Gasteiger charge is 2.29. The maximum atomic E-state index is 12.7. The van der Waals surface area contributed by atoms with E-state index >= 15 is 0 Å². The number of carbonyl (C=O) groups is 1. The first kappa shape index (κ1) is 13.8. The van der Waals surface area contributed by atoms with E-state index < -0.39 is 0 Å². The molecule has 0 bridgehead atoms. The minimum Gasteiger partial charge on any atom is -0.497 e. The maximum Gasteiger partial charge on any atom is 0.259 e. The molecule has 0 fully saturated rings. The van der Waals surface area contributed by atoms with Crippen molar-refractivity contribution in [2.24, 2.45) is 0 Å². The van der Waals surface area contributed by atoms with E-state index in [1.165, 1.54) is 4.70 Å². The van der Waals surface area contributed by atoms with Gasteiger partial charge in [0.25, 0.3) is 5.91 Å². The first-order valence-electron chi connectivity index (χ1n) is 6.83. The molecular weight excluding hydrogens is 362 g/mol. The quantitative estimate of drug-likeness (QED) is 0.643. The van der Waals surface area contributed by atoms with Gasteiger partial charge in [-0.2, -0.15) is 0 Å². The second-order valence-electron chi connectivity index (χ2n) is 5.18. The lowest BCUT2D eigenvalue weighted by atomic mass is 10.1. The molecule has 1 aromatic heterocycles. The van der Waals surface area contributed by atoms with Gasteiger partial charge in [-0.3, -0.25) is 4.79 Å². The average Bonchev–Trinajstić information content (AvgIpc) is 3.08. The lowest BCUT2D eigenvalue weighted by Crippen LogP contribution is -2.22. The molecule has 3 aromatic rings. The Bertz CT molecular complexity index is 903. The number of fused-ring (bicyclic) bond motifs is 2. The van der Waals surface area contributed by atoms with Crippen molar-refractivity contribution in [3.63, 3.8) is 0 Å². The van der Waals surface area contributed by atoms with Crippen molar-refractivity contribution >= 4 is 48.9 Å². The van der Waals surface area contributed by atoms with E-state index in [1.807, 2.05) is 29.2 Å². The largest absolute Gasteiger partial charge is 0.497 e. The Morgan fingerprint density at radius 3 is 2.91 bits per heavy atom. The van der Waals surface area contributed by atoms with E-state index in [1.54, 1.807) is 18.4 Å². The zero-order chi connectivity index (χ0) is 15.3. The highest BCUT2D eigenvalue weighted by atomic mass is 79.9. The number of hydrogen-bond acceptors (Lipinski definition) is 3. The third-order valence-corrected chi connectivity index (χ3v) is 5.87. The first-order chi connectivity index (χ1) is 10.7. The summed E-state index contributed by atoms with van der Waals surface area (Å²) in [5.41, 5.74) is 2.69. The van der Waals surface area contributed by atoms with Gasteiger partial charge in [0, 0.05) is 31.2 Å². The molecule has 0 aliphatic carbocycles. The highest BCUT2D eigenvalue weighted by molar-refractivity contribution is 9.10. The third-order valence-electron chi connectivity index (χ3n) is 3.94. The van der Waals surface area contributed by atoms with Crippen LogP contribution in [0.4, 0.5) is 5.69 Å². The van der Waals surface area contributed by atoms with E-state index in [2.05, 4.69) is 33.4 Å². The van der Waals surface area contributed by atoms with Crippen LogP contribution in [0.2, 0.25) is 0 Å². The summed E-state index contributed by atoms with van der Waals surface area (Å²) in [5, 5.41) is 3.21. The van der Waals surface area contributed by atoms with Gasteiger partial charge in [-0.1, -0.05) is 6.07 Å². The molecule has 1 aliphatic heterocycles. The van der Waals surface area contributed by atoms with Crippen LogP contribution in [0.15, 0.2) is 46.3 Å². The number of anilines is 1. The molecule has 0 N–H and O–H groups in total. The Balaban J connectivity index is 1.77. The van der Waals surface area contributed by atoms with Crippen LogP contribution in [0, 0.1) is 0 Å². The molecule has 1 amide bonds. The van der Waals surface area contributed by atoms with Crippen molar-refractivity contribution in [2.45, 2.75) is 6.54 Å². The molecular formula is C17H12BrNO2S. The molecule has 0 unspecified atom stereocenters. The lowest BCUT2D eigenvalue weighted by Gasteiger charge is -2.15. The van der Waals surface area contributed by atoms with Gasteiger partial charge in [0.05, 0.1) is 13.7 Å². The van der Waals surface area contributed by atoms with Crippen molar-refractivity contribution in [1.82, 2.24) is 0 Å². The second-order valence-corrected chi connectivity index (χ2v) is 6.94. The fraction of sp³-hybridized carbons (Fsp3) is 0.118. The Morgan fingerprint density at radius 1 is 1.23 bits per heavy atom. The highest BCUT2D eigenvalue weighted by Crippen LogP contribution is 2.36. The summed E-state index contributed by atoms with van der Waals surface area (Å²) in [6.07, 6.45) is 0. The van der Waals surface area contributed by atoms with E-state index in [0.29, 0.717) is 12.3 Å². The van der Waals surface area contributed by atoms with Crippen LogP contribution < -0.4 is 9.64 Å². The summed E-state index contributed by atoms with van der Waals surface area (Å²) in [7, 11) is 1.61. The molecule has 2 aromatic carbocycles. The van der Waals surface area contributed by atoms with Gasteiger partial charge in [0.1, 0.15) is 5.75 Å². The van der Waals surface area contributed by atoms with Crippen LogP contribution in [0.1, 0.15) is 15.9 Å². The number of carbonyl (C=O) groups excluding carboxylic acids is 1. The van der Waals surface area contributed by atoms with Gasteiger partial charge in [-0.05, 0) is 51.8 Å². The number of amides is 1. The predicted molar refractivity (Wildman–Crippen MR) is 93.0 cm³/mol. The summed E-state index contributed by atoms with van der Waals surface area (Å²) in [6.45, 7) is 0.603. The van der Waals surface area contributed by atoms with Crippen molar-refractivity contribution in [3.8, 4) is 5.75 Å². The summed E-state index contributed by atoms with van der Waals surface area (Å²) in [4.78, 5) is 14.5. The third kappa shape index (κ3) is 2.04. The number of thiophene rings is 1. The normalized spacial score (nSPS) is 13.7. The van der Waals surface area contributed by atoms with Gasteiger partial charge in [-0.25, -0.2) is 0 Å². The molecule has 5 heteroatoms. The van der Waals surface area contributed by atoms with Crippen LogP contribution in [0.25, 0.3) is 10.1 Å². The second kappa shape index (κ2) is 5.11. The Kier molecular flexibility index (Phi) is 3.20. The molecule has 1 aliphatic rings. The number of methoxy groups -OCH3 is 1. The van der Waals surface area contributed by atoms with Crippen LogP contribution in [-0.2, 0) is 6.54 Å². The Morgan fingerprint density at radius 2 is 2.09 bits per heavy atom. The number of rotatable bonds is 2. The van der Waals surface area contributed by atoms with Crippen molar-refractivity contribution < 1.29 is 9.53 Å². The minimum atomic E-state index is 0.0274. The minimum absolute atomic E-state index is 0.0274. The van der Waals surface area contributed by atoms with Crippen molar-refractivity contribution in [2.75, 3.05) is 12.0 Å². The Hall–Kier alpha value is -1.85. The maximum absolute atomic E-state index is 12.7. The number of benzene rings is 2. The van der Waals surface area contributed by atoms with Crippen LogP contribution >= 0.6 is 27.3 Å². The molecule has 4 rings (SSSR count). The zero-order valence-electron chi connectivity index (χ0n) is 11.8. The molecule has 0 saturated carbocycles. The van der Waals surface area contributed by atoms with Crippen LogP contribution in [0.5, 0.6) is 5.75 Å². The molecule has 0 saturated heterocycles. The standard InChI is InChI=1S/C17H12BrNO2S/c1-21-12-4-2-10-8-19(17(20)13(10)7-12)11-3-5-16-14(6-11)15(18)9-22-16/h2-7,9H,8H2,1H3. The van der Waals surface area contributed by atoms with Gasteiger partial charge >= 0.3 is 0 Å². The number of ether oxygens (including phenoxy) is 1. The van der Waals surface area contributed by atoms with E-state index in [0.717, 1.165) is 26.7 Å². The van der Waals surface area contributed by atoms with Gasteiger partial charge in [-0.15, -0.1) is 11.3 Å². The van der Waals surface area contributed by atoms with E-state index in [-0.39, 0.29) is 5.91 Å². The fourth-order valence-electron chi connectivity index (χ4n) is 2.77. The van der Waals surface area contributed by atoms with Crippen molar-refractivity contribution in [3.05, 3.63) is 57.4 Å². The Labute approximate surface area is 140 Å². The number of nitrogens with zero attached hydrogens (tertiary/aromatic N) is 1. The SMILES string of the molecule is COc1ccc2c(c1)C(=O)N(c1ccc3scc(Br)c3c1)C2. The zero-order valence-corrected chi connectivity index (χ0v) is 14.2. The summed E-state index contributed by atoms with van der Waals surface area (Å²) >= 11 is 5.25. The summed E-state index contributed by atoms with van der Waals surface area (Å²) in [6, 6.07) is 11.8. The number of hydrogen-bond donors (Lipinski definition) is 0. The van der Waals surface area contributed by atoms with Crippen LogP contribution in [-0.4, -0.2) is 13.0 Å².